The highest BCUT2D eigenvalue weighted by molar-refractivity contribution is 9.10. The van der Waals surface area contributed by atoms with Crippen LogP contribution in [0.15, 0.2) is 22.7 Å². The maximum absolute atomic E-state index is 5.37. The summed E-state index contributed by atoms with van der Waals surface area (Å²) >= 11 is 3.58. The molecule has 5 heteroatoms. The van der Waals surface area contributed by atoms with Gasteiger partial charge in [-0.15, -0.1) is 0 Å². The van der Waals surface area contributed by atoms with Crippen LogP contribution in [0.3, 0.4) is 0 Å². The predicted octanol–water partition coefficient (Wildman–Crippen LogP) is 3.65. The summed E-state index contributed by atoms with van der Waals surface area (Å²) in [6.07, 6.45) is 5.71. The lowest BCUT2D eigenvalue weighted by Crippen LogP contribution is -2.44. The summed E-state index contributed by atoms with van der Waals surface area (Å²) < 4.78 is 11.8. The van der Waals surface area contributed by atoms with Crippen molar-refractivity contribution in [3.05, 3.63) is 28.2 Å². The van der Waals surface area contributed by atoms with Crippen LogP contribution < -0.4 is 5.32 Å². The molecule has 128 valence electrons. The van der Waals surface area contributed by atoms with Gasteiger partial charge in [-0.05, 0) is 56.5 Å². The highest BCUT2D eigenvalue weighted by Crippen LogP contribution is 2.36. The molecular formula is C18H27BrN2O2. The second kappa shape index (κ2) is 7.51. The van der Waals surface area contributed by atoms with Crippen molar-refractivity contribution in [1.82, 2.24) is 4.90 Å². The molecule has 0 radical (unpaired) electrons. The Hall–Kier alpha value is -0.620. The maximum atomic E-state index is 5.37. The molecule has 1 aromatic rings. The van der Waals surface area contributed by atoms with Gasteiger partial charge in [0.25, 0.3) is 0 Å². The van der Waals surface area contributed by atoms with E-state index >= 15 is 0 Å². The van der Waals surface area contributed by atoms with Crippen molar-refractivity contribution in [2.75, 3.05) is 26.6 Å². The fraction of sp³-hybridized carbons (Fsp3) is 0.667. The molecule has 1 N–H and O–H groups in total. The number of piperidine rings is 1. The van der Waals surface area contributed by atoms with E-state index in [1.807, 2.05) is 0 Å². The van der Waals surface area contributed by atoms with Crippen LogP contribution in [0.1, 0.15) is 31.2 Å². The number of methoxy groups -OCH3 is 2. The smallest absolute Gasteiger partial charge is 0.160 e. The molecule has 0 aliphatic carbocycles. The van der Waals surface area contributed by atoms with E-state index in [0.29, 0.717) is 6.04 Å². The fourth-order valence-electron chi connectivity index (χ4n) is 4.06. The molecule has 0 aromatic heterocycles. The van der Waals surface area contributed by atoms with Crippen LogP contribution >= 0.6 is 15.9 Å². The third-order valence-electron chi connectivity index (χ3n) is 5.44. The zero-order valence-electron chi connectivity index (χ0n) is 14.2. The Morgan fingerprint density at radius 1 is 1.22 bits per heavy atom. The van der Waals surface area contributed by atoms with Crippen molar-refractivity contribution in [2.45, 2.75) is 56.5 Å². The first kappa shape index (κ1) is 17.2. The highest BCUT2D eigenvalue weighted by atomic mass is 79.9. The van der Waals surface area contributed by atoms with Gasteiger partial charge >= 0.3 is 0 Å². The second-order valence-electron chi connectivity index (χ2n) is 6.77. The van der Waals surface area contributed by atoms with E-state index in [1.54, 1.807) is 14.2 Å². The molecule has 0 saturated carbocycles. The van der Waals surface area contributed by atoms with Gasteiger partial charge in [-0.1, -0.05) is 15.9 Å². The topological polar surface area (TPSA) is 33.7 Å². The van der Waals surface area contributed by atoms with Crippen LogP contribution in [0.4, 0.5) is 5.69 Å². The lowest BCUT2D eigenvalue weighted by molar-refractivity contribution is -0.100. The van der Waals surface area contributed by atoms with E-state index in [9.17, 15) is 0 Å². The number of hydrogen-bond donors (Lipinski definition) is 1. The average molecular weight is 383 g/mol. The number of fused-ring (bicyclic) bond motifs is 2. The largest absolute Gasteiger partial charge is 0.382 e. The third kappa shape index (κ3) is 3.90. The second-order valence-corrected chi connectivity index (χ2v) is 7.69. The first-order chi connectivity index (χ1) is 11.1. The SMILES string of the molecule is COC(Cc1cc(Br)ccc1NC1CC2CCC(C1)N2C)OC. The van der Waals surface area contributed by atoms with Gasteiger partial charge in [-0.3, -0.25) is 0 Å². The Morgan fingerprint density at radius 2 is 1.87 bits per heavy atom. The molecule has 2 aliphatic heterocycles. The molecule has 0 spiro atoms. The van der Waals surface area contributed by atoms with Gasteiger partial charge < -0.3 is 19.7 Å². The van der Waals surface area contributed by atoms with E-state index in [0.717, 1.165) is 23.0 Å². The van der Waals surface area contributed by atoms with Crippen molar-refractivity contribution in [3.63, 3.8) is 0 Å². The lowest BCUT2D eigenvalue weighted by atomic mass is 9.97. The van der Waals surface area contributed by atoms with Gasteiger partial charge in [0, 0.05) is 48.9 Å². The molecule has 2 aliphatic rings. The minimum absolute atomic E-state index is 0.210. The van der Waals surface area contributed by atoms with Gasteiger partial charge in [0.15, 0.2) is 6.29 Å². The molecule has 2 unspecified atom stereocenters. The molecular weight excluding hydrogens is 356 g/mol. The number of ether oxygens (including phenoxy) is 2. The quantitative estimate of drug-likeness (QED) is 0.761. The van der Waals surface area contributed by atoms with E-state index < -0.39 is 0 Å². The van der Waals surface area contributed by atoms with Gasteiger partial charge in [0.05, 0.1) is 0 Å². The first-order valence-corrected chi connectivity index (χ1v) is 9.22. The summed E-state index contributed by atoms with van der Waals surface area (Å²) in [5.41, 5.74) is 2.45. The molecule has 4 nitrogen and oxygen atoms in total. The van der Waals surface area contributed by atoms with Crippen molar-refractivity contribution in [1.29, 1.82) is 0 Å². The number of anilines is 1. The average Bonchev–Trinajstić information content (AvgIpc) is 2.76. The minimum atomic E-state index is -0.210. The van der Waals surface area contributed by atoms with Crippen LogP contribution in [0.5, 0.6) is 0 Å². The Balaban J connectivity index is 1.72. The normalized spacial score (nSPS) is 27.6. The van der Waals surface area contributed by atoms with Crippen LogP contribution in [0.2, 0.25) is 0 Å². The van der Waals surface area contributed by atoms with Gasteiger partial charge in [-0.25, -0.2) is 0 Å². The molecule has 2 bridgehead atoms. The van der Waals surface area contributed by atoms with Crippen molar-refractivity contribution in [2.24, 2.45) is 0 Å². The van der Waals surface area contributed by atoms with Crippen molar-refractivity contribution in [3.8, 4) is 0 Å². The van der Waals surface area contributed by atoms with Gasteiger partial charge in [0.1, 0.15) is 0 Å². The summed E-state index contributed by atoms with van der Waals surface area (Å²) in [7, 11) is 5.66. The van der Waals surface area contributed by atoms with Crippen LogP contribution in [0, 0.1) is 0 Å². The van der Waals surface area contributed by atoms with Gasteiger partial charge in [0.2, 0.25) is 0 Å². The number of nitrogens with zero attached hydrogens (tertiary/aromatic N) is 1. The summed E-state index contributed by atoms with van der Waals surface area (Å²) in [6.45, 7) is 0. The Morgan fingerprint density at radius 3 is 2.48 bits per heavy atom. The number of rotatable bonds is 6. The number of hydrogen-bond acceptors (Lipinski definition) is 4. The zero-order valence-corrected chi connectivity index (χ0v) is 15.8. The van der Waals surface area contributed by atoms with Crippen molar-refractivity contribution >= 4 is 21.6 Å². The summed E-state index contributed by atoms with van der Waals surface area (Å²) in [6, 6.07) is 8.49. The molecule has 0 amide bonds. The van der Waals surface area contributed by atoms with E-state index in [-0.39, 0.29) is 6.29 Å². The molecule has 2 fully saturated rings. The molecule has 2 atom stereocenters. The monoisotopic (exact) mass is 382 g/mol. The van der Waals surface area contributed by atoms with E-state index in [2.05, 4.69) is 51.4 Å². The molecule has 3 rings (SSSR count). The fourth-order valence-corrected chi connectivity index (χ4v) is 4.47. The standard InChI is InChI=1S/C18H27BrN2O2/c1-21-15-5-6-16(21)11-14(10-15)20-17-7-4-13(19)8-12(17)9-18(22-2)23-3/h4,7-8,14-16,18,20H,5-6,9-11H2,1-3H3. The number of nitrogens with one attached hydrogen (secondary N) is 1. The number of benzene rings is 1. The van der Waals surface area contributed by atoms with Crippen molar-refractivity contribution < 1.29 is 9.47 Å². The Labute approximate surface area is 147 Å². The first-order valence-electron chi connectivity index (χ1n) is 8.43. The maximum Gasteiger partial charge on any atom is 0.160 e. The Bertz CT molecular complexity index is 522. The van der Waals surface area contributed by atoms with E-state index in [1.165, 1.54) is 36.9 Å². The predicted molar refractivity (Wildman–Crippen MR) is 96.9 cm³/mol. The zero-order chi connectivity index (χ0) is 16.4. The van der Waals surface area contributed by atoms with Crippen LogP contribution in [-0.4, -0.2) is 50.6 Å². The molecule has 2 heterocycles. The Kier molecular flexibility index (Phi) is 5.62. The third-order valence-corrected chi connectivity index (χ3v) is 5.93. The minimum Gasteiger partial charge on any atom is -0.382 e. The number of halogens is 1. The molecule has 23 heavy (non-hydrogen) atoms. The van der Waals surface area contributed by atoms with E-state index in [4.69, 9.17) is 9.47 Å². The summed E-state index contributed by atoms with van der Waals surface area (Å²) in [5.74, 6) is 0. The van der Waals surface area contributed by atoms with Gasteiger partial charge in [-0.2, -0.15) is 0 Å². The lowest BCUT2D eigenvalue weighted by Gasteiger charge is -2.37. The van der Waals surface area contributed by atoms with Crippen LogP contribution in [0.25, 0.3) is 0 Å². The summed E-state index contributed by atoms with van der Waals surface area (Å²) in [4.78, 5) is 2.58. The highest BCUT2D eigenvalue weighted by Gasteiger charge is 2.38. The molecule has 1 aromatic carbocycles. The van der Waals surface area contributed by atoms with Crippen LogP contribution in [-0.2, 0) is 15.9 Å². The molecule has 2 saturated heterocycles. The summed E-state index contributed by atoms with van der Waals surface area (Å²) in [5, 5.41) is 3.79.